The van der Waals surface area contributed by atoms with Crippen LogP contribution in [-0.2, 0) is 14.3 Å². The van der Waals surface area contributed by atoms with Gasteiger partial charge in [-0.2, -0.15) is 0 Å². The molecule has 2 aliphatic heterocycles. The summed E-state index contributed by atoms with van der Waals surface area (Å²) in [7, 11) is 1.90. The number of nitrogens with one attached hydrogen (secondary N) is 1. The third-order valence-electron chi connectivity index (χ3n) is 8.58. The molecular formula is C39H63N7O4. The standard InChI is InChI=1S/C31H45N7O4.C8H18/c1-8-11-23(9-2)33-27-18-22(12-13-32-27)25-19-24(35(7)38-21-26(38)29(39)41-10-3)20-28(34-25)36-14-16-37(17-15-36)30(40)42-31(4,5)6;1-4-5-6-7-8(2)3/h12-13,18-21,23H,8-11,14-17H2,1-7H3,(H,32,33);8H,4-7H2,1-3H3. The summed E-state index contributed by atoms with van der Waals surface area (Å²) in [6.45, 7) is 21.2. The lowest BCUT2D eigenvalue weighted by Crippen LogP contribution is -2.50. The van der Waals surface area contributed by atoms with Crippen LogP contribution in [0, 0.1) is 5.92 Å². The second-order valence-corrected chi connectivity index (χ2v) is 14.5. The van der Waals surface area contributed by atoms with Gasteiger partial charge in [0.15, 0.2) is 5.70 Å². The van der Waals surface area contributed by atoms with E-state index in [1.807, 2.05) is 57.1 Å². The van der Waals surface area contributed by atoms with Crippen LogP contribution < -0.4 is 15.2 Å². The van der Waals surface area contributed by atoms with Crippen molar-refractivity contribution >= 4 is 29.4 Å². The van der Waals surface area contributed by atoms with E-state index in [9.17, 15) is 9.59 Å². The van der Waals surface area contributed by atoms with Crippen molar-refractivity contribution < 1.29 is 19.1 Å². The van der Waals surface area contributed by atoms with Crippen LogP contribution in [0.25, 0.3) is 11.3 Å². The number of aromatic nitrogens is 2. The van der Waals surface area contributed by atoms with Gasteiger partial charge in [-0.05, 0) is 64.7 Å². The van der Waals surface area contributed by atoms with E-state index in [-0.39, 0.29) is 12.1 Å². The van der Waals surface area contributed by atoms with E-state index in [2.05, 4.69) is 49.8 Å². The van der Waals surface area contributed by atoms with E-state index in [1.54, 1.807) is 29.2 Å². The molecule has 0 bridgehead atoms. The van der Waals surface area contributed by atoms with Crippen molar-refractivity contribution in [2.45, 2.75) is 119 Å². The fraction of sp³-hybridized carbons (Fsp3) is 0.641. The van der Waals surface area contributed by atoms with Gasteiger partial charge in [0.25, 0.3) is 0 Å². The minimum Gasteiger partial charge on any atom is -0.461 e. The number of piperazine rings is 1. The Labute approximate surface area is 301 Å². The molecule has 0 radical (unpaired) electrons. The predicted octanol–water partition coefficient (Wildman–Crippen LogP) is 8.49. The van der Waals surface area contributed by atoms with Crippen LogP contribution in [0.1, 0.15) is 107 Å². The molecule has 0 aliphatic carbocycles. The molecule has 1 fully saturated rings. The van der Waals surface area contributed by atoms with Gasteiger partial charge in [0.05, 0.1) is 24.2 Å². The molecule has 1 atom stereocenters. The van der Waals surface area contributed by atoms with Crippen molar-refractivity contribution in [3.05, 3.63) is 42.4 Å². The molecule has 11 nitrogen and oxygen atoms in total. The highest BCUT2D eigenvalue weighted by Gasteiger charge is 2.34. The van der Waals surface area contributed by atoms with Gasteiger partial charge >= 0.3 is 12.1 Å². The van der Waals surface area contributed by atoms with Gasteiger partial charge in [-0.3, -0.25) is 5.01 Å². The third kappa shape index (κ3) is 12.7. The Morgan fingerprint density at radius 2 is 1.70 bits per heavy atom. The van der Waals surface area contributed by atoms with Gasteiger partial charge in [0, 0.05) is 57.1 Å². The lowest BCUT2D eigenvalue weighted by molar-refractivity contribution is -0.138. The molecule has 0 spiro atoms. The predicted molar refractivity (Wildman–Crippen MR) is 204 cm³/mol. The van der Waals surface area contributed by atoms with Crippen LogP contribution in [0.15, 0.2) is 42.4 Å². The Kier molecular flexibility index (Phi) is 15.7. The molecule has 4 rings (SSSR count). The second-order valence-electron chi connectivity index (χ2n) is 14.5. The molecule has 2 aromatic rings. The molecule has 1 saturated heterocycles. The van der Waals surface area contributed by atoms with E-state index in [0.29, 0.717) is 44.5 Å². The Balaban J connectivity index is 0.000000753. The van der Waals surface area contributed by atoms with Crippen LogP contribution in [-0.4, -0.2) is 83.4 Å². The minimum absolute atomic E-state index is 0.298. The number of esters is 1. The van der Waals surface area contributed by atoms with E-state index >= 15 is 0 Å². The summed E-state index contributed by atoms with van der Waals surface area (Å²) in [4.78, 5) is 38.5. The molecular weight excluding hydrogens is 630 g/mol. The van der Waals surface area contributed by atoms with E-state index in [1.165, 1.54) is 25.7 Å². The van der Waals surface area contributed by atoms with E-state index in [4.69, 9.17) is 14.5 Å². The van der Waals surface area contributed by atoms with Crippen molar-refractivity contribution in [2.75, 3.05) is 55.1 Å². The molecule has 11 heteroatoms. The Hall–Kier alpha value is -4.02. The highest BCUT2D eigenvalue weighted by atomic mass is 16.6. The van der Waals surface area contributed by atoms with Crippen LogP contribution in [0.5, 0.6) is 0 Å². The number of anilines is 3. The fourth-order valence-corrected chi connectivity index (χ4v) is 5.66. The van der Waals surface area contributed by atoms with Gasteiger partial charge in [-0.25, -0.2) is 24.6 Å². The molecule has 0 aromatic carbocycles. The number of carbonyl (C=O) groups is 2. The van der Waals surface area contributed by atoms with Gasteiger partial charge in [0.2, 0.25) is 0 Å². The minimum atomic E-state index is -0.538. The van der Waals surface area contributed by atoms with Gasteiger partial charge in [-0.15, -0.1) is 0 Å². The average Bonchev–Trinajstić information content (AvgIpc) is 3.89. The van der Waals surface area contributed by atoms with Crippen LogP contribution in [0.3, 0.4) is 0 Å². The van der Waals surface area contributed by atoms with Gasteiger partial charge in [-0.1, -0.05) is 66.7 Å². The molecule has 1 N–H and O–H groups in total. The normalized spacial score (nSPS) is 14.8. The topological polar surface area (TPSA) is 103 Å². The SMILES string of the molecule is CCCC(CC)Nc1cc(-c2cc(N(C)N3C=C3C(=O)OCC)cc(N3CCN(C(=O)OC(C)(C)C)CC3)n2)ccn1.CCCCCC(C)C. The molecule has 2 aliphatic rings. The highest BCUT2D eigenvalue weighted by Crippen LogP contribution is 2.34. The Bertz CT molecular complexity index is 1400. The zero-order chi connectivity index (χ0) is 36.8. The maximum atomic E-state index is 12.6. The molecule has 278 valence electrons. The number of ether oxygens (including phenoxy) is 2. The van der Waals surface area contributed by atoms with Crippen LogP contribution >= 0.6 is 0 Å². The Morgan fingerprint density at radius 3 is 2.30 bits per heavy atom. The molecule has 4 heterocycles. The first kappa shape index (κ1) is 40.4. The summed E-state index contributed by atoms with van der Waals surface area (Å²) in [5.41, 5.74) is 2.56. The maximum Gasteiger partial charge on any atom is 0.410 e. The number of carbonyl (C=O) groups excluding carboxylic acids is 2. The summed E-state index contributed by atoms with van der Waals surface area (Å²) in [5, 5.41) is 7.25. The largest absolute Gasteiger partial charge is 0.461 e. The number of hydrazine groups is 1. The lowest BCUT2D eigenvalue weighted by Gasteiger charge is -2.36. The summed E-state index contributed by atoms with van der Waals surface area (Å²) in [6.07, 6.45) is 12.1. The first-order chi connectivity index (χ1) is 23.8. The smallest absolute Gasteiger partial charge is 0.410 e. The number of unbranched alkanes of at least 4 members (excludes halogenated alkanes) is 2. The quantitative estimate of drug-likeness (QED) is 0.144. The maximum absolute atomic E-state index is 12.6. The van der Waals surface area contributed by atoms with Crippen LogP contribution in [0.2, 0.25) is 0 Å². The summed E-state index contributed by atoms with van der Waals surface area (Å²) in [6, 6.07) is 8.37. The average molecular weight is 694 g/mol. The highest BCUT2D eigenvalue weighted by molar-refractivity contribution is 5.92. The first-order valence-electron chi connectivity index (χ1n) is 18.7. The van der Waals surface area contributed by atoms with E-state index in [0.717, 1.165) is 53.8 Å². The van der Waals surface area contributed by atoms with Crippen LogP contribution in [0.4, 0.5) is 22.1 Å². The van der Waals surface area contributed by atoms with Crippen molar-refractivity contribution in [2.24, 2.45) is 5.92 Å². The number of amides is 1. The number of hydrogen-bond donors (Lipinski definition) is 1. The molecule has 0 saturated carbocycles. The molecule has 2 aromatic heterocycles. The lowest BCUT2D eigenvalue weighted by atomic mass is 10.1. The second kappa shape index (κ2) is 19.4. The van der Waals surface area contributed by atoms with Crippen molar-refractivity contribution in [3.63, 3.8) is 0 Å². The number of pyridine rings is 2. The zero-order valence-electron chi connectivity index (χ0n) is 32.4. The summed E-state index contributed by atoms with van der Waals surface area (Å²) in [5.74, 6) is 2.17. The summed E-state index contributed by atoms with van der Waals surface area (Å²) >= 11 is 0. The Morgan fingerprint density at radius 1 is 0.980 bits per heavy atom. The zero-order valence-corrected chi connectivity index (χ0v) is 32.4. The molecule has 50 heavy (non-hydrogen) atoms. The summed E-state index contributed by atoms with van der Waals surface area (Å²) < 4.78 is 10.7. The third-order valence-corrected chi connectivity index (χ3v) is 8.58. The van der Waals surface area contributed by atoms with Crippen molar-refractivity contribution in [1.29, 1.82) is 0 Å². The fourth-order valence-electron chi connectivity index (χ4n) is 5.66. The number of nitrogens with zero attached hydrogens (tertiary/aromatic N) is 6. The van der Waals surface area contributed by atoms with Gasteiger partial charge < -0.3 is 24.6 Å². The molecule has 1 amide bonds. The monoisotopic (exact) mass is 693 g/mol. The molecule has 1 unspecified atom stereocenters. The number of rotatable bonds is 15. The number of hydrogen-bond acceptors (Lipinski definition) is 10. The van der Waals surface area contributed by atoms with Crippen molar-refractivity contribution in [1.82, 2.24) is 19.9 Å². The van der Waals surface area contributed by atoms with E-state index < -0.39 is 5.60 Å². The van der Waals surface area contributed by atoms with Gasteiger partial charge in [0.1, 0.15) is 17.2 Å². The van der Waals surface area contributed by atoms with Crippen molar-refractivity contribution in [3.8, 4) is 11.3 Å². The first-order valence-corrected chi connectivity index (χ1v) is 18.7.